The zero-order valence-electron chi connectivity index (χ0n) is 15.2. The quantitative estimate of drug-likeness (QED) is 0.555. The minimum absolute atomic E-state index is 0.286. The maximum Gasteiger partial charge on any atom is 0.573 e. The van der Waals surface area contributed by atoms with E-state index in [9.17, 15) is 40.7 Å². The van der Waals surface area contributed by atoms with Crippen LogP contribution in [0.15, 0.2) is 33.4 Å². The number of anilines is 1. The molecule has 0 bridgehead atoms. The van der Waals surface area contributed by atoms with Crippen molar-refractivity contribution in [2.45, 2.75) is 34.9 Å². The topological polar surface area (TPSA) is 136 Å². The Morgan fingerprint density at radius 3 is 2.27 bits per heavy atom. The summed E-state index contributed by atoms with van der Waals surface area (Å²) in [6.45, 7) is 2.29. The van der Waals surface area contributed by atoms with Gasteiger partial charge in [0.15, 0.2) is 11.6 Å². The van der Waals surface area contributed by atoms with Crippen molar-refractivity contribution in [3.05, 3.63) is 35.6 Å². The van der Waals surface area contributed by atoms with Crippen LogP contribution in [-0.2, 0) is 14.6 Å². The number of sulfone groups is 1. The number of aliphatic hydroxyl groups is 1. The molecule has 30 heavy (non-hydrogen) atoms. The van der Waals surface area contributed by atoms with Gasteiger partial charge in [-0.15, -0.1) is 24.5 Å². The van der Waals surface area contributed by atoms with Gasteiger partial charge < -0.3 is 20.9 Å². The average molecular weight is 470 g/mol. The first-order chi connectivity index (χ1) is 13.5. The summed E-state index contributed by atoms with van der Waals surface area (Å²) in [6.07, 6.45) is -5.18. The summed E-state index contributed by atoms with van der Waals surface area (Å²) in [5.74, 6) is -4.88. The van der Waals surface area contributed by atoms with Crippen LogP contribution in [0.3, 0.4) is 0 Å². The molecule has 0 aliphatic rings. The van der Waals surface area contributed by atoms with Crippen molar-refractivity contribution in [2.75, 3.05) is 5.32 Å². The van der Waals surface area contributed by atoms with Crippen molar-refractivity contribution in [1.82, 2.24) is 0 Å². The first-order valence-corrected chi connectivity index (χ1v) is 10.1. The molecular formula is C16H14F4N2O6S2. The number of primary amides is 1. The highest BCUT2D eigenvalue weighted by molar-refractivity contribution is 7.93. The Bertz CT molecular complexity index is 1100. The van der Waals surface area contributed by atoms with Gasteiger partial charge in [-0.1, -0.05) is 0 Å². The van der Waals surface area contributed by atoms with Crippen LogP contribution >= 0.6 is 11.3 Å². The van der Waals surface area contributed by atoms with E-state index in [1.807, 2.05) is 0 Å². The Kier molecular flexibility index (Phi) is 6.16. The second-order valence-electron chi connectivity index (χ2n) is 6.33. The summed E-state index contributed by atoms with van der Waals surface area (Å²) < 4.78 is 78.9. The molecule has 0 unspecified atom stereocenters. The number of rotatable bonds is 6. The maximum atomic E-state index is 13.9. The lowest BCUT2D eigenvalue weighted by atomic mass is 10.1. The third kappa shape index (κ3) is 5.25. The van der Waals surface area contributed by atoms with Crippen LogP contribution in [0.1, 0.15) is 24.2 Å². The summed E-state index contributed by atoms with van der Waals surface area (Å²) in [5.41, 5.74) is 2.91. The molecule has 1 aromatic heterocycles. The number of hydrogen-bond donors (Lipinski definition) is 3. The Hall–Kier alpha value is -2.71. The van der Waals surface area contributed by atoms with Gasteiger partial charge in [-0.3, -0.25) is 9.59 Å². The predicted molar refractivity (Wildman–Crippen MR) is 96.3 cm³/mol. The van der Waals surface area contributed by atoms with Crippen molar-refractivity contribution in [1.29, 1.82) is 0 Å². The smallest absolute Gasteiger partial charge is 0.403 e. The standard InChI is InChI=1S/C16H14F4N2O6S2/c1-15(2,25)14(24)22-13-8(12(21)23)6-11(29-13)30(26,27)7-3-4-10(9(17)5-7)28-16(18,19)20/h3-6,25H,1-2H3,(H2,21,23)(H,22,24). The largest absolute Gasteiger partial charge is 0.573 e. The molecule has 0 saturated heterocycles. The molecule has 0 spiro atoms. The fraction of sp³-hybridized carbons (Fsp3) is 0.250. The van der Waals surface area contributed by atoms with Crippen molar-refractivity contribution >= 4 is 38.0 Å². The van der Waals surface area contributed by atoms with Crippen LogP contribution < -0.4 is 15.8 Å². The van der Waals surface area contributed by atoms with Gasteiger partial charge in [0.05, 0.1) is 10.5 Å². The zero-order chi connectivity index (χ0) is 23.1. The van der Waals surface area contributed by atoms with Gasteiger partial charge in [-0.25, -0.2) is 12.8 Å². The summed E-state index contributed by atoms with van der Waals surface area (Å²) in [4.78, 5) is 22.8. The molecule has 14 heteroatoms. The fourth-order valence-electron chi connectivity index (χ4n) is 2.01. The van der Waals surface area contributed by atoms with Gasteiger partial charge in [0.2, 0.25) is 9.84 Å². The molecule has 0 radical (unpaired) electrons. The molecule has 164 valence electrons. The molecule has 2 amide bonds. The fourth-order valence-corrected chi connectivity index (χ4v) is 4.78. The Morgan fingerprint density at radius 2 is 1.80 bits per heavy atom. The number of ether oxygens (including phenoxy) is 1. The lowest BCUT2D eigenvalue weighted by Crippen LogP contribution is -2.36. The van der Waals surface area contributed by atoms with E-state index in [1.54, 1.807) is 0 Å². The van der Waals surface area contributed by atoms with E-state index >= 15 is 0 Å². The van der Waals surface area contributed by atoms with Gasteiger partial charge >= 0.3 is 6.36 Å². The molecule has 1 heterocycles. The average Bonchev–Trinajstić information content (AvgIpc) is 2.99. The number of amides is 2. The van der Waals surface area contributed by atoms with Crippen LogP contribution in [0.5, 0.6) is 5.75 Å². The number of alkyl halides is 3. The van der Waals surface area contributed by atoms with E-state index in [1.165, 1.54) is 0 Å². The number of halogens is 4. The summed E-state index contributed by atoms with van der Waals surface area (Å²) in [7, 11) is -4.51. The second kappa shape index (κ2) is 7.85. The van der Waals surface area contributed by atoms with E-state index in [-0.39, 0.29) is 5.00 Å². The van der Waals surface area contributed by atoms with Gasteiger partial charge in [0.25, 0.3) is 11.8 Å². The van der Waals surface area contributed by atoms with Crippen LogP contribution in [0.2, 0.25) is 0 Å². The van der Waals surface area contributed by atoms with Crippen LogP contribution in [0.4, 0.5) is 22.6 Å². The van der Waals surface area contributed by atoms with Gasteiger partial charge in [0, 0.05) is 0 Å². The lowest BCUT2D eigenvalue weighted by molar-refractivity contribution is -0.275. The van der Waals surface area contributed by atoms with E-state index in [2.05, 4.69) is 10.1 Å². The van der Waals surface area contributed by atoms with Crippen molar-refractivity contribution < 1.29 is 45.4 Å². The summed E-state index contributed by atoms with van der Waals surface area (Å²) in [5, 5.41) is 11.6. The van der Waals surface area contributed by atoms with Gasteiger partial charge in [-0.05, 0) is 38.1 Å². The normalized spacial score (nSPS) is 12.5. The SMILES string of the molecule is CC(C)(O)C(=O)Nc1sc(S(=O)(=O)c2ccc(OC(F)(F)F)c(F)c2)cc1C(N)=O. The number of carbonyl (C=O) groups is 2. The number of hydrogen-bond acceptors (Lipinski definition) is 7. The first-order valence-electron chi connectivity index (χ1n) is 7.80. The lowest BCUT2D eigenvalue weighted by Gasteiger charge is -2.16. The predicted octanol–water partition coefficient (Wildman–Crippen LogP) is 2.43. The maximum absolute atomic E-state index is 13.9. The second-order valence-corrected chi connectivity index (χ2v) is 9.56. The molecule has 1 aromatic carbocycles. The molecule has 0 saturated carbocycles. The zero-order valence-corrected chi connectivity index (χ0v) is 16.8. The van der Waals surface area contributed by atoms with Crippen LogP contribution in [0.25, 0.3) is 0 Å². The molecule has 0 aliphatic carbocycles. The minimum Gasteiger partial charge on any atom is -0.403 e. The third-order valence-corrected chi connectivity index (χ3v) is 6.74. The van der Waals surface area contributed by atoms with E-state index in [0.29, 0.717) is 29.5 Å². The van der Waals surface area contributed by atoms with Crippen molar-refractivity contribution in [3.8, 4) is 5.75 Å². The number of carbonyl (C=O) groups excluding carboxylic acids is 2. The van der Waals surface area contributed by atoms with Crippen molar-refractivity contribution in [3.63, 3.8) is 0 Å². The van der Waals surface area contributed by atoms with E-state index in [0.717, 1.165) is 19.9 Å². The molecule has 0 atom stereocenters. The highest BCUT2D eigenvalue weighted by Crippen LogP contribution is 2.36. The highest BCUT2D eigenvalue weighted by atomic mass is 32.2. The first kappa shape index (κ1) is 23.6. The van der Waals surface area contributed by atoms with E-state index in [4.69, 9.17) is 5.73 Å². The Morgan fingerprint density at radius 1 is 1.20 bits per heavy atom. The van der Waals surface area contributed by atoms with E-state index < -0.39 is 59.8 Å². The monoisotopic (exact) mass is 470 g/mol. The summed E-state index contributed by atoms with van der Waals surface area (Å²) in [6, 6.07) is 2.29. The molecule has 8 nitrogen and oxygen atoms in total. The minimum atomic E-state index is -5.18. The van der Waals surface area contributed by atoms with Gasteiger partial charge in [-0.2, -0.15) is 0 Å². The number of nitrogens with two attached hydrogens (primary N) is 1. The molecule has 0 fully saturated rings. The number of thiophene rings is 1. The van der Waals surface area contributed by atoms with Crippen molar-refractivity contribution in [2.24, 2.45) is 5.73 Å². The van der Waals surface area contributed by atoms with Gasteiger partial charge in [0.1, 0.15) is 14.8 Å². The summed E-state index contributed by atoms with van der Waals surface area (Å²) >= 11 is 0.389. The Balaban J connectivity index is 2.48. The molecule has 2 rings (SSSR count). The molecule has 4 N–H and O–H groups in total. The molecular weight excluding hydrogens is 456 g/mol. The highest BCUT2D eigenvalue weighted by Gasteiger charge is 2.33. The third-order valence-electron chi connectivity index (χ3n) is 3.46. The number of benzene rings is 1. The van der Waals surface area contributed by atoms with Crippen LogP contribution in [-0.4, -0.2) is 37.3 Å². The molecule has 2 aromatic rings. The molecule has 0 aliphatic heterocycles. The Labute approximate surface area is 171 Å². The number of nitrogens with one attached hydrogen (secondary N) is 1. The van der Waals surface area contributed by atoms with Crippen LogP contribution in [0, 0.1) is 5.82 Å².